The summed E-state index contributed by atoms with van der Waals surface area (Å²) in [5, 5.41) is 10.8. The number of nitrogens with one attached hydrogen (secondary N) is 2. The van der Waals surface area contributed by atoms with Gasteiger partial charge in [-0.3, -0.25) is 4.79 Å². The smallest absolute Gasteiger partial charge is 0.252 e. The molecule has 1 aliphatic rings. The second-order valence-corrected chi connectivity index (χ2v) is 6.10. The van der Waals surface area contributed by atoms with Gasteiger partial charge in [-0.1, -0.05) is 13.8 Å². The van der Waals surface area contributed by atoms with Gasteiger partial charge in [-0.15, -0.1) is 12.4 Å². The highest BCUT2D eigenvalue weighted by atomic mass is 35.5. The first kappa shape index (κ1) is 18.4. The Balaban J connectivity index is 0.00000208. The zero-order valence-electron chi connectivity index (χ0n) is 13.9. The summed E-state index contributed by atoms with van der Waals surface area (Å²) in [7, 11) is 0. The van der Waals surface area contributed by atoms with E-state index in [0.717, 1.165) is 31.6 Å². The number of hydrogen-bond donors (Lipinski definition) is 2. The Morgan fingerprint density at radius 1 is 1.38 bits per heavy atom. The van der Waals surface area contributed by atoms with Crippen LogP contribution in [0.4, 0.5) is 5.82 Å². The summed E-state index contributed by atoms with van der Waals surface area (Å²) in [6.07, 6.45) is 5.26. The Hall–Kier alpha value is -1.99. The van der Waals surface area contributed by atoms with Gasteiger partial charge >= 0.3 is 0 Å². The van der Waals surface area contributed by atoms with Crippen LogP contribution in [-0.4, -0.2) is 38.7 Å². The molecule has 130 valence electrons. The van der Waals surface area contributed by atoms with Gasteiger partial charge in [0, 0.05) is 25.0 Å². The van der Waals surface area contributed by atoms with Gasteiger partial charge in [-0.05, 0) is 31.4 Å². The molecule has 1 fully saturated rings. The predicted molar refractivity (Wildman–Crippen MR) is 94.7 cm³/mol. The number of amides is 1. The van der Waals surface area contributed by atoms with E-state index in [1.54, 1.807) is 23.1 Å². The van der Waals surface area contributed by atoms with Gasteiger partial charge in [-0.25, -0.2) is 9.97 Å². The fraction of sp³-hybridized carbons (Fsp3) is 0.500. The van der Waals surface area contributed by atoms with Crippen LogP contribution in [0.1, 0.15) is 38.3 Å². The van der Waals surface area contributed by atoms with E-state index in [9.17, 15) is 4.79 Å². The van der Waals surface area contributed by atoms with Crippen LogP contribution in [0.15, 0.2) is 24.5 Å². The van der Waals surface area contributed by atoms with Gasteiger partial charge in [-0.2, -0.15) is 9.78 Å². The number of carbonyl (C=O) groups is 1. The lowest BCUT2D eigenvalue weighted by atomic mass is 9.99. The molecule has 1 aliphatic heterocycles. The van der Waals surface area contributed by atoms with Crippen molar-refractivity contribution >= 4 is 24.1 Å². The maximum Gasteiger partial charge on any atom is 0.252 e. The first-order valence-electron chi connectivity index (χ1n) is 8.04. The van der Waals surface area contributed by atoms with Crippen LogP contribution in [0.25, 0.3) is 5.95 Å². The van der Waals surface area contributed by atoms with Crippen molar-refractivity contribution in [2.24, 2.45) is 5.92 Å². The minimum absolute atomic E-state index is 0. The van der Waals surface area contributed by atoms with Gasteiger partial charge < -0.3 is 10.6 Å². The zero-order chi connectivity index (χ0) is 16.2. The Morgan fingerprint density at radius 3 is 2.75 bits per heavy atom. The largest absolute Gasteiger partial charge is 0.316 e. The van der Waals surface area contributed by atoms with Crippen LogP contribution < -0.4 is 10.6 Å². The number of rotatable bonds is 4. The summed E-state index contributed by atoms with van der Waals surface area (Å²) in [6.45, 7) is 5.83. The van der Waals surface area contributed by atoms with Crippen molar-refractivity contribution in [2.75, 3.05) is 18.4 Å². The lowest BCUT2D eigenvalue weighted by Crippen LogP contribution is -2.37. The molecule has 1 unspecified atom stereocenters. The van der Waals surface area contributed by atoms with Crippen molar-refractivity contribution in [1.29, 1.82) is 0 Å². The molecule has 2 N–H and O–H groups in total. The van der Waals surface area contributed by atoms with Crippen LogP contribution in [0.3, 0.4) is 0 Å². The van der Waals surface area contributed by atoms with Crippen LogP contribution >= 0.6 is 12.4 Å². The molecule has 3 rings (SSSR count). The fourth-order valence-corrected chi connectivity index (χ4v) is 2.63. The van der Waals surface area contributed by atoms with E-state index in [1.807, 2.05) is 6.07 Å². The van der Waals surface area contributed by atoms with Crippen molar-refractivity contribution < 1.29 is 4.79 Å². The SMILES string of the molecule is CC(C)c1cc(NC(=O)C2CCCNC2)n(-c2ncccn2)n1.Cl. The highest BCUT2D eigenvalue weighted by Gasteiger charge is 2.23. The quantitative estimate of drug-likeness (QED) is 0.882. The number of piperidine rings is 1. The highest BCUT2D eigenvalue weighted by Crippen LogP contribution is 2.21. The van der Waals surface area contributed by atoms with Crippen LogP contribution in [-0.2, 0) is 4.79 Å². The predicted octanol–water partition coefficient (Wildman–Crippen LogP) is 2.15. The molecule has 0 bridgehead atoms. The summed E-state index contributed by atoms with van der Waals surface area (Å²) in [4.78, 5) is 21.0. The molecule has 2 aromatic heterocycles. The average molecular weight is 351 g/mol. The second-order valence-electron chi connectivity index (χ2n) is 6.10. The molecule has 8 heteroatoms. The topological polar surface area (TPSA) is 84.7 Å². The van der Waals surface area contributed by atoms with E-state index in [0.29, 0.717) is 11.8 Å². The molecule has 0 spiro atoms. The highest BCUT2D eigenvalue weighted by molar-refractivity contribution is 5.92. The maximum atomic E-state index is 12.5. The molecule has 2 aromatic rings. The monoisotopic (exact) mass is 350 g/mol. The fourth-order valence-electron chi connectivity index (χ4n) is 2.63. The van der Waals surface area contributed by atoms with Gasteiger partial charge in [0.05, 0.1) is 11.6 Å². The average Bonchev–Trinajstić information content (AvgIpc) is 3.00. The molecular formula is C16H23ClN6O. The van der Waals surface area contributed by atoms with Crippen molar-refractivity contribution in [1.82, 2.24) is 25.1 Å². The summed E-state index contributed by atoms with van der Waals surface area (Å²) in [5.74, 6) is 1.34. The third-order valence-electron chi connectivity index (χ3n) is 3.98. The molecular weight excluding hydrogens is 328 g/mol. The second kappa shape index (κ2) is 8.21. The number of anilines is 1. The number of carbonyl (C=O) groups excluding carboxylic acids is 1. The van der Waals surface area contributed by atoms with E-state index < -0.39 is 0 Å². The summed E-state index contributed by atoms with van der Waals surface area (Å²) in [6, 6.07) is 3.65. The molecule has 3 heterocycles. The van der Waals surface area contributed by atoms with Crippen LogP contribution in [0, 0.1) is 5.92 Å². The van der Waals surface area contributed by atoms with Gasteiger partial charge in [0.25, 0.3) is 5.95 Å². The van der Waals surface area contributed by atoms with Crippen molar-refractivity contribution in [2.45, 2.75) is 32.6 Å². The molecule has 0 aliphatic carbocycles. The van der Waals surface area contributed by atoms with Crippen molar-refractivity contribution in [3.8, 4) is 5.95 Å². The molecule has 0 aromatic carbocycles. The number of hydrogen-bond acceptors (Lipinski definition) is 5. The van der Waals surface area contributed by atoms with E-state index in [2.05, 4.69) is 39.5 Å². The van der Waals surface area contributed by atoms with Crippen LogP contribution in [0.2, 0.25) is 0 Å². The molecule has 0 saturated carbocycles. The van der Waals surface area contributed by atoms with Gasteiger partial charge in [0.1, 0.15) is 5.82 Å². The molecule has 1 atom stereocenters. The lowest BCUT2D eigenvalue weighted by Gasteiger charge is -2.21. The standard InChI is InChI=1S/C16H22N6O.ClH/c1-11(2)13-9-14(20-15(23)12-5-3-6-17-10-12)22(21-13)16-18-7-4-8-19-16;/h4,7-9,11-12,17H,3,5-6,10H2,1-2H3,(H,20,23);1H. The third-order valence-corrected chi connectivity index (χ3v) is 3.98. The Morgan fingerprint density at radius 2 is 2.12 bits per heavy atom. The Bertz CT molecular complexity index is 666. The summed E-state index contributed by atoms with van der Waals surface area (Å²) >= 11 is 0. The van der Waals surface area contributed by atoms with Crippen molar-refractivity contribution in [3.05, 3.63) is 30.2 Å². The summed E-state index contributed by atoms with van der Waals surface area (Å²) < 4.78 is 1.60. The minimum atomic E-state index is -0.00806. The van der Waals surface area contributed by atoms with Crippen LogP contribution in [0.5, 0.6) is 0 Å². The molecule has 1 amide bonds. The lowest BCUT2D eigenvalue weighted by molar-refractivity contribution is -0.120. The zero-order valence-corrected chi connectivity index (χ0v) is 14.7. The first-order valence-corrected chi connectivity index (χ1v) is 8.04. The van der Waals surface area contributed by atoms with Crippen molar-refractivity contribution in [3.63, 3.8) is 0 Å². The Labute approximate surface area is 147 Å². The summed E-state index contributed by atoms with van der Waals surface area (Å²) in [5.41, 5.74) is 0.898. The molecule has 0 radical (unpaired) electrons. The number of halogens is 1. The van der Waals surface area contributed by atoms with Gasteiger partial charge in [0.2, 0.25) is 5.91 Å². The Kier molecular flexibility index (Phi) is 6.28. The molecule has 24 heavy (non-hydrogen) atoms. The minimum Gasteiger partial charge on any atom is -0.316 e. The van der Waals surface area contributed by atoms with E-state index in [4.69, 9.17) is 0 Å². The maximum absolute atomic E-state index is 12.5. The van der Waals surface area contributed by atoms with E-state index >= 15 is 0 Å². The first-order chi connectivity index (χ1) is 11.1. The van der Waals surface area contributed by atoms with Gasteiger partial charge in [0.15, 0.2) is 0 Å². The molecule has 1 saturated heterocycles. The third kappa shape index (κ3) is 4.10. The van der Waals surface area contributed by atoms with E-state index in [1.165, 1.54) is 0 Å². The number of aromatic nitrogens is 4. The van der Waals surface area contributed by atoms with E-state index in [-0.39, 0.29) is 30.2 Å². The molecule has 7 nitrogen and oxygen atoms in total. The normalized spacial score (nSPS) is 17.4. The number of nitrogens with zero attached hydrogens (tertiary/aromatic N) is 4.